The molecule has 0 atom stereocenters. The molecule has 2 rings (SSSR count). The highest BCUT2D eigenvalue weighted by atomic mass is 28.4. The fourth-order valence-electron chi connectivity index (χ4n) is 2.47. The highest BCUT2D eigenvalue weighted by molar-refractivity contribution is 6.68. The predicted molar refractivity (Wildman–Crippen MR) is 131 cm³/mol. The van der Waals surface area contributed by atoms with Crippen molar-refractivity contribution in [1.82, 2.24) is 0 Å². The number of ether oxygens (including phenoxy) is 2. The Hall–Kier alpha value is -4.78. The van der Waals surface area contributed by atoms with Crippen molar-refractivity contribution in [2.45, 2.75) is 13.1 Å². The molecule has 184 valence electrons. The molecule has 0 aromatic heterocycles. The molecule has 2 aromatic rings. The second-order valence-corrected chi connectivity index (χ2v) is 10.2. The Balaban J connectivity index is 1.83. The lowest BCUT2D eigenvalue weighted by Gasteiger charge is -2.22. The van der Waals surface area contributed by atoms with Gasteiger partial charge in [-0.05, 0) is 48.5 Å². The van der Waals surface area contributed by atoms with Gasteiger partial charge in [0.25, 0.3) is 0 Å². The molecule has 0 saturated heterocycles. The summed E-state index contributed by atoms with van der Waals surface area (Å²) in [6.07, 6.45) is -1.05. The summed E-state index contributed by atoms with van der Waals surface area (Å²) in [5.74, 6) is 0. The van der Waals surface area contributed by atoms with E-state index >= 15 is 0 Å². The van der Waals surface area contributed by atoms with E-state index in [4.69, 9.17) is 8.85 Å². The second-order valence-electron chi connectivity index (χ2n) is 6.98. The van der Waals surface area contributed by atoms with Gasteiger partial charge in [-0.3, -0.25) is 21.3 Å². The van der Waals surface area contributed by atoms with E-state index in [1.807, 2.05) is 0 Å². The largest absolute Gasteiger partial charge is 0.468 e. The maximum Gasteiger partial charge on any atom is 0.460 e. The van der Waals surface area contributed by atoms with Gasteiger partial charge in [0.15, 0.2) is 0 Å². The molecular formula is C22H24N4O8Si. The summed E-state index contributed by atoms with van der Waals surface area (Å²) in [6.45, 7) is 9.59. The monoisotopic (exact) mass is 500 g/mol. The van der Waals surface area contributed by atoms with Crippen LogP contribution in [-0.2, 0) is 18.3 Å². The highest BCUT2D eigenvalue weighted by Crippen LogP contribution is 2.17. The normalized spacial score (nSPS) is 10.1. The highest BCUT2D eigenvalue weighted by Gasteiger charge is 2.34. The Labute approximate surface area is 202 Å². The van der Waals surface area contributed by atoms with Gasteiger partial charge in [0, 0.05) is 35.8 Å². The number of hydrogen-bond donors (Lipinski definition) is 4. The molecule has 0 spiro atoms. The lowest BCUT2D eigenvalue weighted by Crippen LogP contribution is -2.42. The maximum atomic E-state index is 12.2. The minimum Gasteiger partial charge on any atom is -0.468 e. The predicted octanol–water partition coefficient (Wildman–Crippen LogP) is 5.57. The topological polar surface area (TPSA) is 153 Å². The van der Waals surface area contributed by atoms with Crippen LogP contribution in [0.1, 0.15) is 0 Å². The van der Waals surface area contributed by atoms with E-state index in [1.54, 1.807) is 0 Å². The molecule has 4 N–H and O–H groups in total. The number of carbonyl (C=O) groups excluding carboxylic acids is 4. The zero-order chi connectivity index (χ0) is 25.8. The smallest absolute Gasteiger partial charge is 0.460 e. The van der Waals surface area contributed by atoms with Crippen molar-refractivity contribution in [1.29, 1.82) is 0 Å². The van der Waals surface area contributed by atoms with Gasteiger partial charge in [0.2, 0.25) is 0 Å². The molecular weight excluding hydrogens is 476 g/mol. The summed E-state index contributed by atoms with van der Waals surface area (Å²) in [6, 6.07) is 12.3. The van der Waals surface area contributed by atoms with Crippen molar-refractivity contribution < 1.29 is 37.5 Å². The molecule has 0 fully saturated rings. The summed E-state index contributed by atoms with van der Waals surface area (Å²) in [5.41, 5.74) is 1.65. The van der Waals surface area contributed by atoms with Crippen molar-refractivity contribution in [3.63, 3.8) is 0 Å². The van der Waals surface area contributed by atoms with Crippen LogP contribution in [-0.4, -0.2) is 32.9 Å². The lowest BCUT2D eigenvalue weighted by molar-refractivity contribution is 0.181. The van der Waals surface area contributed by atoms with Crippen LogP contribution in [0.5, 0.6) is 0 Å². The molecule has 0 aliphatic rings. The molecule has 0 bridgehead atoms. The van der Waals surface area contributed by atoms with Gasteiger partial charge in [0.05, 0.1) is 12.5 Å². The van der Waals surface area contributed by atoms with Gasteiger partial charge in [0.1, 0.15) is 0 Å². The van der Waals surface area contributed by atoms with E-state index in [9.17, 15) is 19.2 Å². The molecule has 0 radical (unpaired) electrons. The van der Waals surface area contributed by atoms with E-state index in [0.717, 1.165) is 12.5 Å². The van der Waals surface area contributed by atoms with E-state index in [1.165, 1.54) is 61.6 Å². The van der Waals surface area contributed by atoms with Gasteiger partial charge in [-0.15, -0.1) is 0 Å². The minimum absolute atomic E-state index is 0.387. The first-order valence-corrected chi connectivity index (χ1v) is 12.8. The minimum atomic E-state index is -3.21. The van der Waals surface area contributed by atoms with Crippen LogP contribution in [0, 0.1) is 0 Å². The Morgan fingerprint density at radius 1 is 0.600 bits per heavy atom. The Morgan fingerprint density at radius 2 is 0.857 bits per heavy atom. The van der Waals surface area contributed by atoms with Crippen LogP contribution in [0.3, 0.4) is 0 Å². The Bertz CT molecular complexity index is 1000. The van der Waals surface area contributed by atoms with Crippen LogP contribution in [0.15, 0.2) is 74.2 Å². The summed E-state index contributed by atoms with van der Waals surface area (Å²) < 4.78 is 19.7. The summed E-state index contributed by atoms with van der Waals surface area (Å²) >= 11 is 0. The number of rotatable bonds is 8. The fraction of sp³-hybridized carbons (Fsp3) is 0.0909. The molecule has 0 aliphatic carbocycles. The first kappa shape index (κ1) is 26.5. The van der Waals surface area contributed by atoms with Crippen LogP contribution in [0.25, 0.3) is 0 Å². The Kier molecular flexibility index (Phi) is 9.42. The van der Waals surface area contributed by atoms with Crippen molar-refractivity contribution in [2.24, 2.45) is 0 Å². The van der Waals surface area contributed by atoms with E-state index in [2.05, 4.69) is 43.9 Å². The van der Waals surface area contributed by atoms with Crippen molar-refractivity contribution in [3.8, 4) is 0 Å². The van der Waals surface area contributed by atoms with Crippen LogP contribution in [0.2, 0.25) is 13.1 Å². The number of carbonyl (C=O) groups is 4. The fourth-order valence-corrected chi connectivity index (χ4v) is 3.51. The van der Waals surface area contributed by atoms with Crippen molar-refractivity contribution in [3.05, 3.63) is 74.2 Å². The average Bonchev–Trinajstić information content (AvgIpc) is 2.76. The standard InChI is InChI=1S/C22H24N4O8Si/c1-5-31-19(27)23-15-7-11-17(12-8-15)25-21(29)33-35(3,4)34-22(30)26-18-13-9-16(10-14-18)24-20(28)32-6-2/h5-14H,1-2H2,3-4H3,(H,23,27)(H,24,28)(H,25,29)(H,26,30). The van der Waals surface area contributed by atoms with E-state index in [-0.39, 0.29) is 0 Å². The zero-order valence-electron chi connectivity index (χ0n) is 19.0. The van der Waals surface area contributed by atoms with Crippen LogP contribution >= 0.6 is 0 Å². The number of benzene rings is 2. The first-order chi connectivity index (χ1) is 16.6. The van der Waals surface area contributed by atoms with Gasteiger partial charge in [-0.25, -0.2) is 19.2 Å². The third kappa shape index (κ3) is 9.71. The summed E-state index contributed by atoms with van der Waals surface area (Å²) in [7, 11) is -3.21. The van der Waals surface area contributed by atoms with Crippen LogP contribution in [0.4, 0.5) is 41.9 Å². The first-order valence-electron chi connectivity index (χ1n) is 9.97. The number of anilines is 4. The molecule has 4 amide bonds. The third-order valence-electron chi connectivity index (χ3n) is 3.81. The molecule has 12 nitrogen and oxygen atoms in total. The van der Waals surface area contributed by atoms with E-state index < -0.39 is 32.9 Å². The summed E-state index contributed by atoms with van der Waals surface area (Å²) in [5, 5.41) is 9.93. The molecule has 0 heterocycles. The second kappa shape index (κ2) is 12.5. The molecule has 0 saturated carbocycles. The van der Waals surface area contributed by atoms with Crippen molar-refractivity contribution in [2.75, 3.05) is 21.3 Å². The van der Waals surface area contributed by atoms with Gasteiger partial charge in [-0.2, -0.15) is 0 Å². The third-order valence-corrected chi connectivity index (χ3v) is 5.17. The van der Waals surface area contributed by atoms with Crippen LogP contribution < -0.4 is 21.3 Å². The number of hydrogen-bond acceptors (Lipinski definition) is 8. The van der Waals surface area contributed by atoms with Gasteiger partial charge >= 0.3 is 32.9 Å². The molecule has 2 aromatic carbocycles. The number of amides is 4. The SMILES string of the molecule is C=COC(=O)Nc1ccc(NC(=O)O[Si](C)(C)OC(=O)Nc2ccc(NC(=O)OC=C)cc2)cc1. The molecule has 0 aliphatic heterocycles. The molecule has 0 unspecified atom stereocenters. The number of nitrogens with one attached hydrogen (secondary N) is 4. The van der Waals surface area contributed by atoms with Gasteiger partial charge < -0.3 is 18.3 Å². The summed E-state index contributed by atoms with van der Waals surface area (Å²) in [4.78, 5) is 47.2. The maximum absolute atomic E-state index is 12.2. The quantitative estimate of drug-likeness (QED) is 0.271. The van der Waals surface area contributed by atoms with E-state index in [0.29, 0.717) is 22.7 Å². The van der Waals surface area contributed by atoms with Gasteiger partial charge in [-0.1, -0.05) is 13.2 Å². The lowest BCUT2D eigenvalue weighted by atomic mass is 10.3. The molecule has 13 heteroatoms. The Morgan fingerprint density at radius 3 is 1.11 bits per heavy atom. The molecule has 35 heavy (non-hydrogen) atoms. The van der Waals surface area contributed by atoms with Crippen molar-refractivity contribution >= 4 is 55.7 Å². The average molecular weight is 501 g/mol. The zero-order valence-corrected chi connectivity index (χ0v) is 20.0.